The molecule has 0 N–H and O–H groups in total. The summed E-state index contributed by atoms with van der Waals surface area (Å²) >= 11 is 1.93. The van der Waals surface area contributed by atoms with Gasteiger partial charge in [-0.05, 0) is 24.7 Å². The van der Waals surface area contributed by atoms with Gasteiger partial charge in [0.2, 0.25) is 0 Å². The standard InChI is InChI=1S/C12H17NOS/c1-2-15-8-7-13-6-5-11(9-13)12(14)10-3-4-10/h5-6,9-10H,2-4,7-8H2,1H3. The number of aryl methyl sites for hydroxylation is 1. The molecule has 0 bridgehead atoms. The number of thioether (sulfide) groups is 1. The summed E-state index contributed by atoms with van der Waals surface area (Å²) in [6.07, 6.45) is 6.20. The van der Waals surface area contributed by atoms with Crippen LogP contribution in [0.4, 0.5) is 0 Å². The summed E-state index contributed by atoms with van der Waals surface area (Å²) in [7, 11) is 0. The number of aromatic nitrogens is 1. The number of Topliss-reactive ketones (excluding diaryl/α,β-unsaturated/α-hetero) is 1. The summed E-state index contributed by atoms with van der Waals surface area (Å²) in [4.78, 5) is 11.7. The largest absolute Gasteiger partial charge is 0.353 e. The third-order valence-corrected chi connectivity index (χ3v) is 3.56. The molecular formula is C12H17NOS. The van der Waals surface area contributed by atoms with E-state index < -0.39 is 0 Å². The van der Waals surface area contributed by atoms with Crippen LogP contribution < -0.4 is 0 Å². The first-order chi connectivity index (χ1) is 7.31. The Balaban J connectivity index is 1.88. The minimum atomic E-state index is 0.339. The highest BCUT2D eigenvalue weighted by atomic mass is 32.2. The summed E-state index contributed by atoms with van der Waals surface area (Å²) < 4.78 is 2.12. The first-order valence-corrected chi connectivity index (χ1v) is 6.74. The lowest BCUT2D eigenvalue weighted by molar-refractivity contribution is 0.0967. The summed E-state index contributed by atoms with van der Waals surface area (Å²) in [5.74, 6) is 2.97. The summed E-state index contributed by atoms with van der Waals surface area (Å²) in [5, 5.41) is 0. The topological polar surface area (TPSA) is 22.0 Å². The molecule has 0 unspecified atom stereocenters. The fraction of sp³-hybridized carbons (Fsp3) is 0.583. The van der Waals surface area contributed by atoms with E-state index in [0.29, 0.717) is 11.7 Å². The quantitative estimate of drug-likeness (QED) is 0.546. The van der Waals surface area contributed by atoms with Crippen LogP contribution in [-0.4, -0.2) is 21.9 Å². The molecule has 1 fully saturated rings. The maximum Gasteiger partial charge on any atom is 0.167 e. The zero-order valence-corrected chi connectivity index (χ0v) is 9.93. The molecule has 0 aromatic carbocycles. The van der Waals surface area contributed by atoms with Crippen LogP contribution in [0.25, 0.3) is 0 Å². The molecule has 1 heterocycles. The van der Waals surface area contributed by atoms with E-state index in [1.165, 1.54) is 0 Å². The Hall–Kier alpha value is -0.700. The van der Waals surface area contributed by atoms with Crippen molar-refractivity contribution in [1.29, 1.82) is 0 Å². The number of ketones is 1. The van der Waals surface area contributed by atoms with Gasteiger partial charge in [-0.1, -0.05) is 6.92 Å². The van der Waals surface area contributed by atoms with E-state index in [0.717, 1.165) is 36.5 Å². The minimum absolute atomic E-state index is 0.339. The average Bonchev–Trinajstić information content (AvgIpc) is 2.98. The van der Waals surface area contributed by atoms with Crippen molar-refractivity contribution in [1.82, 2.24) is 4.57 Å². The Bertz CT molecular complexity index is 341. The van der Waals surface area contributed by atoms with Crippen LogP contribution >= 0.6 is 11.8 Å². The van der Waals surface area contributed by atoms with Crippen molar-refractivity contribution in [2.45, 2.75) is 26.3 Å². The molecule has 0 amide bonds. The van der Waals surface area contributed by atoms with Crippen LogP contribution in [0.5, 0.6) is 0 Å². The lowest BCUT2D eigenvalue weighted by Gasteiger charge is -2.00. The third kappa shape index (κ3) is 2.88. The molecular weight excluding hydrogens is 206 g/mol. The van der Waals surface area contributed by atoms with Gasteiger partial charge >= 0.3 is 0 Å². The van der Waals surface area contributed by atoms with Gasteiger partial charge in [0.15, 0.2) is 5.78 Å². The molecule has 15 heavy (non-hydrogen) atoms. The number of carbonyl (C=O) groups is 1. The van der Waals surface area contributed by atoms with Gasteiger partial charge < -0.3 is 4.57 Å². The second-order valence-corrected chi connectivity index (χ2v) is 5.37. The zero-order chi connectivity index (χ0) is 10.7. The molecule has 1 saturated carbocycles. The third-order valence-electron chi connectivity index (χ3n) is 2.68. The van der Waals surface area contributed by atoms with Gasteiger partial charge in [-0.15, -0.1) is 0 Å². The van der Waals surface area contributed by atoms with Crippen molar-refractivity contribution in [2.24, 2.45) is 5.92 Å². The van der Waals surface area contributed by atoms with Crippen LogP contribution in [0.3, 0.4) is 0 Å². The van der Waals surface area contributed by atoms with Gasteiger partial charge in [0.05, 0.1) is 0 Å². The molecule has 2 rings (SSSR count). The monoisotopic (exact) mass is 223 g/mol. The number of hydrogen-bond acceptors (Lipinski definition) is 2. The second-order valence-electron chi connectivity index (χ2n) is 3.97. The molecule has 1 aromatic rings. The molecule has 0 spiro atoms. The van der Waals surface area contributed by atoms with Crippen LogP contribution in [0.2, 0.25) is 0 Å². The second kappa shape index (κ2) is 4.88. The van der Waals surface area contributed by atoms with Crippen molar-refractivity contribution in [3.05, 3.63) is 24.0 Å². The van der Waals surface area contributed by atoms with Gasteiger partial charge in [-0.3, -0.25) is 4.79 Å². The van der Waals surface area contributed by atoms with E-state index in [2.05, 4.69) is 11.5 Å². The molecule has 0 aliphatic heterocycles. The summed E-state index contributed by atoms with van der Waals surface area (Å²) in [6, 6.07) is 1.96. The smallest absolute Gasteiger partial charge is 0.167 e. The van der Waals surface area contributed by atoms with Crippen LogP contribution in [-0.2, 0) is 6.54 Å². The highest BCUT2D eigenvalue weighted by Crippen LogP contribution is 2.32. The van der Waals surface area contributed by atoms with Crippen molar-refractivity contribution < 1.29 is 4.79 Å². The lowest BCUT2D eigenvalue weighted by Crippen LogP contribution is -2.01. The molecule has 2 nitrogen and oxygen atoms in total. The first kappa shape index (κ1) is 10.8. The Morgan fingerprint density at radius 3 is 3.07 bits per heavy atom. The maximum atomic E-state index is 11.7. The van der Waals surface area contributed by atoms with Gasteiger partial charge in [-0.25, -0.2) is 0 Å². The predicted molar refractivity (Wildman–Crippen MR) is 64.5 cm³/mol. The lowest BCUT2D eigenvalue weighted by atomic mass is 10.1. The van der Waals surface area contributed by atoms with E-state index in [4.69, 9.17) is 0 Å². The van der Waals surface area contributed by atoms with Crippen molar-refractivity contribution >= 4 is 17.5 Å². The highest BCUT2D eigenvalue weighted by Gasteiger charge is 2.30. The van der Waals surface area contributed by atoms with E-state index in [1.54, 1.807) is 0 Å². The van der Waals surface area contributed by atoms with E-state index >= 15 is 0 Å². The predicted octanol–water partition coefficient (Wildman–Crippen LogP) is 2.83. The van der Waals surface area contributed by atoms with Crippen LogP contribution in [0.15, 0.2) is 18.5 Å². The number of rotatable bonds is 6. The number of carbonyl (C=O) groups excluding carboxylic acids is 1. The van der Waals surface area contributed by atoms with E-state index in [9.17, 15) is 4.79 Å². The summed E-state index contributed by atoms with van der Waals surface area (Å²) in [5.41, 5.74) is 0.902. The molecule has 0 saturated heterocycles. The Kier molecular flexibility index (Phi) is 3.52. The van der Waals surface area contributed by atoms with Gasteiger partial charge in [-0.2, -0.15) is 11.8 Å². The molecule has 1 aromatic heterocycles. The van der Waals surface area contributed by atoms with Crippen molar-refractivity contribution in [3.8, 4) is 0 Å². The Morgan fingerprint density at radius 1 is 1.60 bits per heavy atom. The van der Waals surface area contributed by atoms with Gasteiger partial charge in [0, 0.05) is 36.2 Å². The first-order valence-electron chi connectivity index (χ1n) is 5.59. The number of nitrogens with zero attached hydrogens (tertiary/aromatic N) is 1. The fourth-order valence-corrected chi connectivity index (χ4v) is 2.25. The Morgan fingerprint density at radius 2 is 2.40 bits per heavy atom. The molecule has 0 radical (unpaired) electrons. The van der Waals surface area contributed by atoms with E-state index in [1.807, 2.05) is 30.2 Å². The minimum Gasteiger partial charge on any atom is -0.353 e. The van der Waals surface area contributed by atoms with Crippen LogP contribution in [0.1, 0.15) is 30.1 Å². The van der Waals surface area contributed by atoms with Gasteiger partial charge in [0.25, 0.3) is 0 Å². The fourth-order valence-electron chi connectivity index (χ4n) is 1.62. The SMILES string of the molecule is CCSCCn1ccc(C(=O)C2CC2)c1. The average molecular weight is 223 g/mol. The summed E-state index contributed by atoms with van der Waals surface area (Å²) in [6.45, 7) is 3.18. The molecule has 1 aliphatic rings. The van der Waals surface area contributed by atoms with Crippen LogP contribution in [0, 0.1) is 5.92 Å². The highest BCUT2D eigenvalue weighted by molar-refractivity contribution is 7.99. The molecule has 1 aliphatic carbocycles. The van der Waals surface area contributed by atoms with Gasteiger partial charge in [0.1, 0.15) is 0 Å². The maximum absolute atomic E-state index is 11.7. The van der Waals surface area contributed by atoms with Crippen molar-refractivity contribution in [3.63, 3.8) is 0 Å². The van der Waals surface area contributed by atoms with E-state index in [-0.39, 0.29) is 0 Å². The molecule has 3 heteroatoms. The van der Waals surface area contributed by atoms with Crippen molar-refractivity contribution in [2.75, 3.05) is 11.5 Å². The number of hydrogen-bond donors (Lipinski definition) is 0. The molecule has 0 atom stereocenters. The molecule has 82 valence electrons. The normalized spacial score (nSPS) is 15.5. The zero-order valence-electron chi connectivity index (χ0n) is 9.11. The Labute approximate surface area is 95.0 Å².